The standard InChI is InChI=1S/C11H16FN3/c12-9-10(14-15-11(9)13)8-5-6-1-3-7(8)4-2-6/h6-8H,1-5H2,(H3,13,14,15). The lowest BCUT2D eigenvalue weighted by atomic mass is 9.64. The van der Waals surface area contributed by atoms with Gasteiger partial charge in [-0.15, -0.1) is 0 Å². The van der Waals surface area contributed by atoms with Crippen LogP contribution in [0, 0.1) is 17.7 Å². The number of nitrogen functional groups attached to an aromatic ring is 1. The second-order valence-electron chi connectivity index (χ2n) is 4.96. The van der Waals surface area contributed by atoms with Crippen LogP contribution in [0.5, 0.6) is 0 Å². The number of nitrogens with zero attached hydrogens (tertiary/aromatic N) is 1. The minimum absolute atomic E-state index is 0.0199. The molecule has 0 amide bonds. The summed E-state index contributed by atoms with van der Waals surface area (Å²) in [6.45, 7) is 0. The number of nitrogens with two attached hydrogens (primary N) is 1. The molecular formula is C11H16FN3. The van der Waals surface area contributed by atoms with Crippen LogP contribution in [0.4, 0.5) is 10.2 Å². The van der Waals surface area contributed by atoms with Gasteiger partial charge in [0.25, 0.3) is 0 Å². The molecule has 4 heteroatoms. The predicted octanol–water partition coefficient (Wildman–Crippen LogP) is 2.42. The molecule has 4 rings (SSSR count). The van der Waals surface area contributed by atoms with Gasteiger partial charge in [-0.05, 0) is 31.1 Å². The summed E-state index contributed by atoms with van der Waals surface area (Å²) in [5.41, 5.74) is 6.08. The van der Waals surface area contributed by atoms with Crippen LogP contribution in [-0.4, -0.2) is 10.2 Å². The summed E-state index contributed by atoms with van der Waals surface area (Å²) in [4.78, 5) is 0. The molecule has 3 nitrogen and oxygen atoms in total. The van der Waals surface area contributed by atoms with E-state index in [1.807, 2.05) is 0 Å². The van der Waals surface area contributed by atoms with Gasteiger partial charge in [-0.3, -0.25) is 5.10 Å². The molecule has 0 aromatic carbocycles. The first kappa shape index (κ1) is 9.19. The number of nitrogens with one attached hydrogen (secondary N) is 1. The number of rotatable bonds is 1. The van der Waals surface area contributed by atoms with E-state index in [0.29, 0.717) is 17.5 Å². The second kappa shape index (κ2) is 3.22. The van der Waals surface area contributed by atoms with E-state index in [1.165, 1.54) is 25.7 Å². The van der Waals surface area contributed by atoms with E-state index < -0.39 is 0 Å². The molecule has 15 heavy (non-hydrogen) atoms. The first-order valence-corrected chi connectivity index (χ1v) is 5.75. The van der Waals surface area contributed by atoms with E-state index in [2.05, 4.69) is 10.2 Å². The van der Waals surface area contributed by atoms with Crippen molar-refractivity contribution in [3.63, 3.8) is 0 Å². The van der Waals surface area contributed by atoms with Gasteiger partial charge in [0.05, 0.1) is 5.69 Å². The maximum atomic E-state index is 13.7. The summed E-state index contributed by atoms with van der Waals surface area (Å²) in [5, 5.41) is 6.53. The molecule has 0 radical (unpaired) electrons. The normalized spacial score (nSPS) is 34.6. The maximum Gasteiger partial charge on any atom is 0.188 e. The van der Waals surface area contributed by atoms with Crippen LogP contribution in [0.15, 0.2) is 0 Å². The third-order valence-corrected chi connectivity index (χ3v) is 4.18. The Balaban J connectivity index is 1.91. The number of aromatic nitrogens is 2. The van der Waals surface area contributed by atoms with Crippen molar-refractivity contribution in [1.82, 2.24) is 10.2 Å². The number of fused-ring (bicyclic) bond motifs is 3. The summed E-state index contributed by atoms with van der Waals surface area (Å²) < 4.78 is 13.7. The van der Waals surface area contributed by atoms with Crippen LogP contribution in [-0.2, 0) is 0 Å². The van der Waals surface area contributed by atoms with Gasteiger partial charge < -0.3 is 5.73 Å². The van der Waals surface area contributed by atoms with Crippen LogP contribution in [0.1, 0.15) is 43.7 Å². The first-order chi connectivity index (χ1) is 7.25. The molecule has 3 N–H and O–H groups in total. The van der Waals surface area contributed by atoms with Crippen LogP contribution in [0.2, 0.25) is 0 Å². The molecule has 3 saturated carbocycles. The Kier molecular flexibility index (Phi) is 1.97. The Bertz CT molecular complexity index is 366. The van der Waals surface area contributed by atoms with Crippen LogP contribution >= 0.6 is 0 Å². The predicted molar refractivity (Wildman–Crippen MR) is 55.8 cm³/mol. The monoisotopic (exact) mass is 209 g/mol. The fourth-order valence-corrected chi connectivity index (χ4v) is 3.33. The molecule has 0 aliphatic heterocycles. The minimum Gasteiger partial charge on any atom is -0.380 e. The van der Waals surface area contributed by atoms with E-state index in [1.54, 1.807) is 0 Å². The van der Waals surface area contributed by atoms with Crippen molar-refractivity contribution in [2.45, 2.75) is 38.0 Å². The van der Waals surface area contributed by atoms with Crippen LogP contribution in [0.25, 0.3) is 0 Å². The van der Waals surface area contributed by atoms with Crippen molar-refractivity contribution < 1.29 is 4.39 Å². The summed E-state index contributed by atoms with van der Waals surface area (Å²) in [7, 11) is 0. The highest BCUT2D eigenvalue weighted by Gasteiger charge is 2.38. The highest BCUT2D eigenvalue weighted by atomic mass is 19.1. The third kappa shape index (κ3) is 1.34. The molecule has 1 unspecified atom stereocenters. The molecule has 1 aromatic heterocycles. The number of halogens is 1. The maximum absolute atomic E-state index is 13.7. The zero-order valence-electron chi connectivity index (χ0n) is 8.67. The van der Waals surface area contributed by atoms with Gasteiger partial charge in [-0.1, -0.05) is 12.8 Å². The third-order valence-electron chi connectivity index (χ3n) is 4.18. The lowest BCUT2D eigenvalue weighted by molar-refractivity contribution is 0.140. The molecule has 1 atom stereocenters. The topological polar surface area (TPSA) is 54.7 Å². The molecule has 0 spiro atoms. The van der Waals surface area contributed by atoms with Crippen LogP contribution < -0.4 is 5.73 Å². The Morgan fingerprint density at radius 2 is 2.00 bits per heavy atom. The Hall–Kier alpha value is -1.06. The van der Waals surface area contributed by atoms with E-state index in [9.17, 15) is 4.39 Å². The fourth-order valence-electron chi connectivity index (χ4n) is 3.33. The molecule has 2 bridgehead atoms. The van der Waals surface area contributed by atoms with Gasteiger partial charge in [0.2, 0.25) is 0 Å². The molecule has 3 fully saturated rings. The lowest BCUT2D eigenvalue weighted by Crippen LogP contribution is -2.30. The van der Waals surface area contributed by atoms with Crippen molar-refractivity contribution in [3.05, 3.63) is 11.5 Å². The molecular weight excluding hydrogens is 193 g/mol. The lowest BCUT2D eigenvalue weighted by Gasteiger charge is -2.41. The minimum atomic E-state index is -0.312. The van der Waals surface area contributed by atoms with Gasteiger partial charge in [-0.2, -0.15) is 5.10 Å². The Morgan fingerprint density at radius 1 is 1.27 bits per heavy atom. The van der Waals surface area contributed by atoms with E-state index in [0.717, 1.165) is 12.3 Å². The van der Waals surface area contributed by atoms with Crippen LogP contribution in [0.3, 0.4) is 0 Å². The van der Waals surface area contributed by atoms with E-state index >= 15 is 0 Å². The number of H-pyrrole nitrogens is 1. The number of hydrogen-bond acceptors (Lipinski definition) is 2. The number of anilines is 1. The number of hydrogen-bond donors (Lipinski definition) is 2. The first-order valence-electron chi connectivity index (χ1n) is 5.75. The van der Waals surface area contributed by atoms with E-state index in [-0.39, 0.29) is 11.6 Å². The van der Waals surface area contributed by atoms with E-state index in [4.69, 9.17) is 5.73 Å². The molecule has 1 heterocycles. The van der Waals surface area contributed by atoms with Gasteiger partial charge in [0.1, 0.15) is 0 Å². The van der Waals surface area contributed by atoms with Crippen molar-refractivity contribution in [2.75, 3.05) is 5.73 Å². The van der Waals surface area contributed by atoms with Crippen molar-refractivity contribution >= 4 is 5.82 Å². The van der Waals surface area contributed by atoms with Gasteiger partial charge in [0, 0.05) is 5.92 Å². The second-order valence-corrected chi connectivity index (χ2v) is 4.96. The largest absolute Gasteiger partial charge is 0.380 e. The smallest absolute Gasteiger partial charge is 0.188 e. The highest BCUT2D eigenvalue weighted by molar-refractivity contribution is 5.33. The fraction of sp³-hybridized carbons (Fsp3) is 0.727. The zero-order valence-corrected chi connectivity index (χ0v) is 8.67. The molecule has 82 valence electrons. The van der Waals surface area contributed by atoms with Gasteiger partial charge in [0.15, 0.2) is 11.6 Å². The quantitative estimate of drug-likeness (QED) is 0.746. The van der Waals surface area contributed by atoms with Crippen molar-refractivity contribution in [3.8, 4) is 0 Å². The molecule has 0 saturated heterocycles. The SMILES string of the molecule is Nc1n[nH]c(C2CC3CCC2CC3)c1F. The summed E-state index contributed by atoms with van der Waals surface area (Å²) in [6, 6.07) is 0. The number of aromatic amines is 1. The highest BCUT2D eigenvalue weighted by Crippen LogP contribution is 2.49. The van der Waals surface area contributed by atoms with Gasteiger partial charge in [-0.25, -0.2) is 4.39 Å². The van der Waals surface area contributed by atoms with Crippen molar-refractivity contribution in [1.29, 1.82) is 0 Å². The summed E-state index contributed by atoms with van der Waals surface area (Å²) >= 11 is 0. The Labute approximate surface area is 88.2 Å². The average molecular weight is 209 g/mol. The summed E-state index contributed by atoms with van der Waals surface area (Å²) in [5.74, 6) is 1.48. The molecule has 3 aliphatic rings. The molecule has 3 aliphatic carbocycles. The Morgan fingerprint density at radius 3 is 2.47 bits per heavy atom. The zero-order chi connectivity index (χ0) is 10.4. The van der Waals surface area contributed by atoms with Gasteiger partial charge >= 0.3 is 0 Å². The average Bonchev–Trinajstić information content (AvgIpc) is 2.61. The molecule has 1 aromatic rings. The van der Waals surface area contributed by atoms with Crippen molar-refractivity contribution in [2.24, 2.45) is 11.8 Å². The summed E-state index contributed by atoms with van der Waals surface area (Å²) in [6.07, 6.45) is 6.25.